The summed E-state index contributed by atoms with van der Waals surface area (Å²) in [7, 11) is 0. The van der Waals surface area contributed by atoms with Crippen molar-refractivity contribution in [2.45, 2.75) is 19.3 Å². The van der Waals surface area contributed by atoms with Crippen LogP contribution in [0.25, 0.3) is 0 Å². The van der Waals surface area contributed by atoms with Crippen LogP contribution in [0.2, 0.25) is 0 Å². The predicted molar refractivity (Wildman–Crippen MR) is 71.8 cm³/mol. The summed E-state index contributed by atoms with van der Waals surface area (Å²) in [5.41, 5.74) is 0.656. The van der Waals surface area contributed by atoms with E-state index in [9.17, 15) is 15.2 Å². The number of rotatable bonds is 3. The lowest BCUT2D eigenvalue weighted by molar-refractivity contribution is -0.386. The fourth-order valence-corrected chi connectivity index (χ4v) is 2.82. The fourth-order valence-electron chi connectivity index (χ4n) is 2.33. The summed E-state index contributed by atoms with van der Waals surface area (Å²) in [6.07, 6.45) is 3.08. The van der Waals surface area contributed by atoms with Crippen molar-refractivity contribution in [3.8, 4) is 5.75 Å². The minimum Gasteiger partial charge on any atom is -0.501 e. The van der Waals surface area contributed by atoms with Crippen LogP contribution in [0.4, 0.5) is 5.69 Å². The molecule has 1 atom stereocenters. The van der Waals surface area contributed by atoms with Crippen molar-refractivity contribution >= 4 is 21.6 Å². The molecule has 0 spiro atoms. The predicted octanol–water partition coefficient (Wildman–Crippen LogP) is 2.61. The third kappa shape index (κ3) is 3.00. The van der Waals surface area contributed by atoms with E-state index in [-0.39, 0.29) is 11.4 Å². The monoisotopic (exact) mass is 314 g/mol. The number of nitro benzene ring substituents is 1. The Morgan fingerprint density at radius 1 is 1.56 bits per heavy atom. The Morgan fingerprint density at radius 2 is 2.33 bits per heavy atom. The quantitative estimate of drug-likeness (QED) is 0.664. The molecule has 1 unspecified atom stereocenters. The molecule has 6 heteroatoms. The molecule has 0 radical (unpaired) electrons. The lowest BCUT2D eigenvalue weighted by atomic mass is 9.92. The summed E-state index contributed by atoms with van der Waals surface area (Å²) < 4.78 is 0.385. The molecular weight excluding hydrogens is 300 g/mol. The Labute approximate surface area is 113 Å². The highest BCUT2D eigenvalue weighted by Gasteiger charge is 2.20. The Morgan fingerprint density at radius 3 is 2.94 bits per heavy atom. The summed E-state index contributed by atoms with van der Waals surface area (Å²) in [5.74, 6) is 0.209. The zero-order chi connectivity index (χ0) is 13.1. The van der Waals surface area contributed by atoms with Gasteiger partial charge in [-0.25, -0.2) is 0 Å². The first-order chi connectivity index (χ1) is 8.58. The zero-order valence-corrected chi connectivity index (χ0v) is 11.4. The smallest absolute Gasteiger partial charge is 0.312 e. The Bertz CT molecular complexity index is 459. The van der Waals surface area contributed by atoms with Crippen LogP contribution in [-0.4, -0.2) is 23.1 Å². The summed E-state index contributed by atoms with van der Waals surface area (Å²) in [5, 5.41) is 23.8. The largest absolute Gasteiger partial charge is 0.501 e. The second-order valence-corrected chi connectivity index (χ2v) is 5.47. The lowest BCUT2D eigenvalue weighted by Gasteiger charge is -2.22. The van der Waals surface area contributed by atoms with Gasteiger partial charge in [0.25, 0.3) is 0 Å². The van der Waals surface area contributed by atoms with Gasteiger partial charge in [-0.05, 0) is 65.8 Å². The Kier molecular flexibility index (Phi) is 4.19. The highest BCUT2D eigenvalue weighted by molar-refractivity contribution is 9.10. The molecule has 0 amide bonds. The molecule has 1 fully saturated rings. The first kappa shape index (κ1) is 13.3. The van der Waals surface area contributed by atoms with E-state index in [1.165, 1.54) is 6.07 Å². The standard InChI is InChI=1S/C12H15BrN2O3/c13-10-5-9(4-8-2-1-3-14-7-8)6-11(12(10)16)15(17)18/h5-6,8,14,16H,1-4,7H2. The molecule has 1 heterocycles. The van der Waals surface area contributed by atoms with Crippen LogP contribution < -0.4 is 5.32 Å². The van der Waals surface area contributed by atoms with E-state index in [1.54, 1.807) is 6.07 Å². The molecule has 1 aliphatic rings. The maximum atomic E-state index is 10.8. The van der Waals surface area contributed by atoms with Crippen LogP contribution in [0.1, 0.15) is 18.4 Å². The molecule has 0 aromatic heterocycles. The summed E-state index contributed by atoms with van der Waals surface area (Å²) in [6.45, 7) is 2.00. The maximum Gasteiger partial charge on any atom is 0.312 e. The second-order valence-electron chi connectivity index (χ2n) is 4.62. The SMILES string of the molecule is O=[N+]([O-])c1cc(CC2CCCNC2)cc(Br)c1O. The number of phenols is 1. The summed E-state index contributed by atoms with van der Waals surface area (Å²) >= 11 is 3.16. The molecule has 2 rings (SSSR count). The van der Waals surface area contributed by atoms with Gasteiger partial charge in [-0.2, -0.15) is 0 Å². The van der Waals surface area contributed by atoms with Crippen molar-refractivity contribution in [3.05, 3.63) is 32.3 Å². The van der Waals surface area contributed by atoms with E-state index >= 15 is 0 Å². The number of nitrogens with zero attached hydrogens (tertiary/aromatic N) is 1. The van der Waals surface area contributed by atoms with E-state index < -0.39 is 4.92 Å². The lowest BCUT2D eigenvalue weighted by Crippen LogP contribution is -2.30. The van der Waals surface area contributed by atoms with Crippen molar-refractivity contribution in [1.29, 1.82) is 0 Å². The van der Waals surface area contributed by atoms with Gasteiger partial charge in [-0.3, -0.25) is 10.1 Å². The molecule has 0 bridgehead atoms. The van der Waals surface area contributed by atoms with Crippen LogP contribution in [-0.2, 0) is 6.42 Å². The number of hydrogen-bond donors (Lipinski definition) is 2. The van der Waals surface area contributed by atoms with E-state index in [1.807, 2.05) is 0 Å². The molecule has 18 heavy (non-hydrogen) atoms. The van der Waals surface area contributed by atoms with Crippen molar-refractivity contribution < 1.29 is 10.0 Å². The number of hydrogen-bond acceptors (Lipinski definition) is 4. The van der Waals surface area contributed by atoms with Crippen molar-refractivity contribution in [3.63, 3.8) is 0 Å². The molecule has 0 saturated carbocycles. The van der Waals surface area contributed by atoms with Gasteiger partial charge in [-0.1, -0.05) is 0 Å². The van der Waals surface area contributed by atoms with E-state index in [4.69, 9.17) is 0 Å². The number of phenolic OH excluding ortho intramolecular Hbond substituents is 1. The normalized spacial score (nSPS) is 19.7. The van der Waals surface area contributed by atoms with Crippen molar-refractivity contribution in [2.75, 3.05) is 13.1 Å². The minimum absolute atomic E-state index is 0.233. The summed E-state index contributed by atoms with van der Waals surface area (Å²) in [4.78, 5) is 10.3. The molecule has 5 nitrogen and oxygen atoms in total. The summed E-state index contributed by atoms with van der Waals surface area (Å²) in [6, 6.07) is 3.23. The Balaban J connectivity index is 2.20. The van der Waals surface area contributed by atoms with Gasteiger partial charge in [0.15, 0.2) is 0 Å². The molecule has 1 aromatic carbocycles. The van der Waals surface area contributed by atoms with Gasteiger partial charge in [0, 0.05) is 6.07 Å². The minimum atomic E-state index is -0.553. The highest BCUT2D eigenvalue weighted by Crippen LogP contribution is 2.35. The Hall–Kier alpha value is -1.14. The number of nitro groups is 1. The molecule has 0 aliphatic carbocycles. The zero-order valence-electron chi connectivity index (χ0n) is 9.86. The van der Waals surface area contributed by atoms with Gasteiger partial charge in [0.05, 0.1) is 9.40 Å². The van der Waals surface area contributed by atoms with Gasteiger partial charge in [0.2, 0.25) is 5.75 Å². The van der Waals surface area contributed by atoms with Crippen molar-refractivity contribution in [2.24, 2.45) is 5.92 Å². The molecule has 1 aromatic rings. The maximum absolute atomic E-state index is 10.8. The second kappa shape index (κ2) is 5.67. The number of aromatic hydroxyl groups is 1. The van der Waals surface area contributed by atoms with Gasteiger partial charge in [0.1, 0.15) is 0 Å². The third-order valence-electron chi connectivity index (χ3n) is 3.22. The average Bonchev–Trinajstić information content (AvgIpc) is 2.34. The molecular formula is C12H15BrN2O3. The molecule has 1 aliphatic heterocycles. The van der Waals surface area contributed by atoms with Gasteiger partial charge < -0.3 is 10.4 Å². The number of benzene rings is 1. The van der Waals surface area contributed by atoms with Crippen LogP contribution in [0.5, 0.6) is 5.75 Å². The average molecular weight is 315 g/mol. The van der Waals surface area contributed by atoms with Crippen LogP contribution in [0.15, 0.2) is 16.6 Å². The van der Waals surface area contributed by atoms with E-state index in [0.717, 1.165) is 37.9 Å². The van der Waals surface area contributed by atoms with Crippen molar-refractivity contribution in [1.82, 2.24) is 5.32 Å². The number of halogens is 1. The number of nitrogens with one attached hydrogen (secondary N) is 1. The fraction of sp³-hybridized carbons (Fsp3) is 0.500. The molecule has 1 saturated heterocycles. The number of piperidine rings is 1. The van der Waals surface area contributed by atoms with E-state index in [0.29, 0.717) is 10.4 Å². The first-order valence-corrected chi connectivity index (χ1v) is 6.73. The van der Waals surface area contributed by atoms with E-state index in [2.05, 4.69) is 21.2 Å². The van der Waals surface area contributed by atoms with Crippen LogP contribution >= 0.6 is 15.9 Å². The highest BCUT2D eigenvalue weighted by atomic mass is 79.9. The van der Waals surface area contributed by atoms with Crippen LogP contribution in [0.3, 0.4) is 0 Å². The topological polar surface area (TPSA) is 75.4 Å². The van der Waals surface area contributed by atoms with Crippen LogP contribution in [0, 0.1) is 16.0 Å². The first-order valence-electron chi connectivity index (χ1n) is 5.94. The molecule has 98 valence electrons. The third-order valence-corrected chi connectivity index (χ3v) is 3.83. The van der Waals surface area contributed by atoms with Gasteiger partial charge in [-0.15, -0.1) is 0 Å². The molecule has 2 N–H and O–H groups in total. The van der Waals surface area contributed by atoms with Gasteiger partial charge >= 0.3 is 5.69 Å².